The molecule has 0 atom stereocenters. The van der Waals surface area contributed by atoms with E-state index >= 15 is 0 Å². The third kappa shape index (κ3) is 6.98. The van der Waals surface area contributed by atoms with E-state index in [1.165, 1.54) is 0 Å². The molecule has 0 heterocycles. The summed E-state index contributed by atoms with van der Waals surface area (Å²) in [6.45, 7) is 3.85. The Hall–Kier alpha value is 0.870. The van der Waals surface area contributed by atoms with Gasteiger partial charge in [0.2, 0.25) is 0 Å². The Bertz CT molecular complexity index is 149. The topological polar surface area (TPSA) is 55.4 Å². The average Bonchev–Trinajstić information content (AvgIpc) is 1.64. The molecule has 0 aliphatic heterocycles. The Morgan fingerprint density at radius 1 is 1.50 bits per heavy atom. The maximum absolute atomic E-state index is 10.5. The van der Waals surface area contributed by atoms with E-state index < -0.39 is 10.3 Å². The molecule has 0 aliphatic carbocycles. The molecule has 0 aromatic carbocycles. The predicted octanol–water partition coefficient (Wildman–Crippen LogP) is -3.01. The molecule has 10 heavy (non-hydrogen) atoms. The molecule has 0 amide bonds. The summed E-state index contributed by atoms with van der Waals surface area (Å²) in [6, 6.07) is 0. The minimum atomic E-state index is -3.43. The molecule has 4 nitrogen and oxygen atoms in total. The van der Waals surface area contributed by atoms with Crippen LogP contribution >= 0.6 is 0 Å². The van der Waals surface area contributed by atoms with Crippen molar-refractivity contribution in [2.45, 2.75) is 13.8 Å². The molecule has 0 rings (SSSR count). The van der Waals surface area contributed by atoms with Crippen molar-refractivity contribution < 1.29 is 43.6 Å². The largest absolute Gasteiger partial charge is 1.00 e. The first kappa shape index (κ1) is 13.5. The van der Waals surface area contributed by atoms with Crippen molar-refractivity contribution in [2.24, 2.45) is 0 Å². The molecular weight excluding hydrogens is 165 g/mol. The summed E-state index contributed by atoms with van der Waals surface area (Å²) in [7, 11) is -3.43. The molecule has 6 heteroatoms. The summed E-state index contributed by atoms with van der Waals surface area (Å²) in [4.78, 5) is 0. The van der Waals surface area contributed by atoms with E-state index in [1.54, 1.807) is 13.8 Å². The van der Waals surface area contributed by atoms with Gasteiger partial charge in [0.05, 0.1) is 6.61 Å². The third-order valence-electron chi connectivity index (χ3n) is 0.594. The van der Waals surface area contributed by atoms with Gasteiger partial charge in [-0.25, -0.2) is 0 Å². The average molecular weight is 177 g/mol. The van der Waals surface area contributed by atoms with Crippen LogP contribution < -0.4 is 34.3 Å². The SMILES string of the molecule is CCNS(=O)(=O)OCC.[H-].[Na+]. The quantitative estimate of drug-likeness (QED) is 0.465. The van der Waals surface area contributed by atoms with Crippen molar-refractivity contribution in [3.63, 3.8) is 0 Å². The maximum atomic E-state index is 10.5. The molecule has 0 aromatic heterocycles. The molecular formula is C4H12NNaO3S. The molecule has 58 valence electrons. The van der Waals surface area contributed by atoms with Crippen LogP contribution in [0.4, 0.5) is 0 Å². The van der Waals surface area contributed by atoms with E-state index in [-0.39, 0.29) is 37.6 Å². The van der Waals surface area contributed by atoms with Crippen LogP contribution in [0.3, 0.4) is 0 Å². The van der Waals surface area contributed by atoms with Gasteiger partial charge >= 0.3 is 39.9 Å². The molecule has 0 saturated heterocycles. The van der Waals surface area contributed by atoms with Crippen LogP contribution in [0, 0.1) is 0 Å². The fourth-order valence-corrected chi connectivity index (χ4v) is 1.12. The van der Waals surface area contributed by atoms with Gasteiger partial charge in [-0.15, -0.1) is 0 Å². The Kier molecular flexibility index (Phi) is 8.85. The molecule has 0 spiro atoms. The monoisotopic (exact) mass is 177 g/mol. The van der Waals surface area contributed by atoms with Crippen molar-refractivity contribution in [3.05, 3.63) is 0 Å². The van der Waals surface area contributed by atoms with Gasteiger partial charge < -0.3 is 1.43 Å². The van der Waals surface area contributed by atoms with Gasteiger partial charge in [0.15, 0.2) is 0 Å². The molecule has 0 aromatic rings. The fraction of sp³-hybridized carbons (Fsp3) is 1.00. The summed E-state index contributed by atoms with van der Waals surface area (Å²) in [5, 5.41) is 0. The first-order valence-electron chi connectivity index (χ1n) is 2.76. The Morgan fingerprint density at radius 3 is 2.30 bits per heavy atom. The molecule has 0 saturated carbocycles. The predicted molar refractivity (Wildman–Crippen MR) is 35.3 cm³/mol. The number of hydrogen-bond acceptors (Lipinski definition) is 3. The zero-order valence-electron chi connectivity index (χ0n) is 7.55. The number of nitrogens with one attached hydrogen (secondary N) is 1. The van der Waals surface area contributed by atoms with Gasteiger partial charge in [-0.2, -0.15) is 13.1 Å². The number of rotatable bonds is 4. The van der Waals surface area contributed by atoms with E-state index in [2.05, 4.69) is 8.91 Å². The van der Waals surface area contributed by atoms with Gasteiger partial charge in [0, 0.05) is 6.54 Å². The summed E-state index contributed by atoms with van der Waals surface area (Å²) in [5.41, 5.74) is 0. The zero-order valence-corrected chi connectivity index (χ0v) is 9.36. The van der Waals surface area contributed by atoms with E-state index in [0.717, 1.165) is 0 Å². The second kappa shape index (κ2) is 6.57. The van der Waals surface area contributed by atoms with Crippen molar-refractivity contribution in [2.75, 3.05) is 13.2 Å². The van der Waals surface area contributed by atoms with Gasteiger partial charge in [-0.05, 0) is 6.92 Å². The van der Waals surface area contributed by atoms with Crippen LogP contribution in [0.5, 0.6) is 0 Å². The van der Waals surface area contributed by atoms with Crippen LogP contribution in [0.25, 0.3) is 0 Å². The van der Waals surface area contributed by atoms with E-state index in [9.17, 15) is 8.42 Å². The smallest absolute Gasteiger partial charge is 1.00 e. The van der Waals surface area contributed by atoms with E-state index in [0.29, 0.717) is 6.54 Å². The minimum Gasteiger partial charge on any atom is -1.00 e. The summed E-state index contributed by atoms with van der Waals surface area (Å²) in [6.07, 6.45) is 0. The van der Waals surface area contributed by atoms with Crippen LogP contribution in [0.1, 0.15) is 15.3 Å². The summed E-state index contributed by atoms with van der Waals surface area (Å²) >= 11 is 0. The molecule has 0 aliphatic rings. The van der Waals surface area contributed by atoms with Gasteiger partial charge in [0.1, 0.15) is 0 Å². The van der Waals surface area contributed by atoms with Crippen LogP contribution in [-0.4, -0.2) is 21.6 Å². The Morgan fingerprint density at radius 2 is 2.00 bits per heavy atom. The van der Waals surface area contributed by atoms with Crippen molar-refractivity contribution in [1.82, 2.24) is 4.72 Å². The normalized spacial score (nSPS) is 10.6. The maximum Gasteiger partial charge on any atom is 1.00 e. The second-order valence-electron chi connectivity index (χ2n) is 1.36. The van der Waals surface area contributed by atoms with Gasteiger partial charge in [-0.3, -0.25) is 4.18 Å². The van der Waals surface area contributed by atoms with E-state index in [4.69, 9.17) is 0 Å². The number of hydrogen-bond donors (Lipinski definition) is 1. The third-order valence-corrected chi connectivity index (χ3v) is 1.78. The molecule has 0 bridgehead atoms. The van der Waals surface area contributed by atoms with Crippen molar-refractivity contribution in [1.29, 1.82) is 0 Å². The van der Waals surface area contributed by atoms with Crippen LogP contribution in [-0.2, 0) is 14.5 Å². The first-order chi connectivity index (χ1) is 4.12. The second-order valence-corrected chi connectivity index (χ2v) is 2.79. The zero-order chi connectivity index (χ0) is 7.33. The molecule has 0 radical (unpaired) electrons. The standard InChI is InChI=1S/C4H11NO3S.Na.H/c1-3-5-9(6,7)8-4-2;;/h5H,3-4H2,1-2H3;;/q;+1;-1. The van der Waals surface area contributed by atoms with Crippen molar-refractivity contribution in [3.8, 4) is 0 Å². The minimum absolute atomic E-state index is 0. The summed E-state index contributed by atoms with van der Waals surface area (Å²) < 4.78 is 27.5. The molecule has 0 unspecified atom stereocenters. The summed E-state index contributed by atoms with van der Waals surface area (Å²) in [5.74, 6) is 0. The van der Waals surface area contributed by atoms with Gasteiger partial charge in [0.25, 0.3) is 0 Å². The van der Waals surface area contributed by atoms with Crippen molar-refractivity contribution >= 4 is 10.3 Å². The fourth-order valence-electron chi connectivity index (χ4n) is 0.374. The first-order valence-corrected chi connectivity index (χ1v) is 4.17. The van der Waals surface area contributed by atoms with Crippen LogP contribution in [0.2, 0.25) is 0 Å². The molecule has 0 fully saturated rings. The Labute approximate surface area is 85.4 Å². The van der Waals surface area contributed by atoms with Gasteiger partial charge in [-0.1, -0.05) is 6.92 Å². The Balaban J connectivity index is -0.000000320. The van der Waals surface area contributed by atoms with Crippen LogP contribution in [0.15, 0.2) is 0 Å². The van der Waals surface area contributed by atoms with E-state index in [1.807, 2.05) is 0 Å². The molecule has 1 N–H and O–H groups in total.